The molecule has 1 unspecified atom stereocenters. The summed E-state index contributed by atoms with van der Waals surface area (Å²) in [6, 6.07) is 12.0. The molecule has 2 aliphatic heterocycles. The molecule has 0 aromatic heterocycles. The van der Waals surface area contributed by atoms with Gasteiger partial charge in [0.15, 0.2) is 15.5 Å². The van der Waals surface area contributed by atoms with E-state index in [1.165, 1.54) is 0 Å². The van der Waals surface area contributed by atoms with Crippen molar-refractivity contribution in [2.75, 3.05) is 25.5 Å². The maximum atomic E-state index is 12.9. The van der Waals surface area contributed by atoms with Gasteiger partial charge in [0.25, 0.3) is 0 Å². The molecule has 0 radical (unpaired) electrons. The first-order valence-electron chi connectivity index (χ1n) is 10.7. The summed E-state index contributed by atoms with van der Waals surface area (Å²) in [5, 5.41) is 9.62. The van der Waals surface area contributed by atoms with Crippen LogP contribution < -0.4 is 26.4 Å². The quantitative estimate of drug-likeness (QED) is 0.510. The Labute approximate surface area is 199 Å². The lowest BCUT2D eigenvalue weighted by atomic mass is 9.93. The minimum atomic E-state index is -3.35. The number of nitrogens with two attached hydrogens (primary N) is 1. The van der Waals surface area contributed by atoms with Crippen LogP contribution in [-0.2, 0) is 15.5 Å². The molecule has 0 aliphatic carbocycles. The van der Waals surface area contributed by atoms with Gasteiger partial charge in [-0.2, -0.15) is 0 Å². The number of ether oxygens (including phenoxy) is 1. The minimum Gasteiger partial charge on any atom is -0.495 e. The molecular weight excluding hydrogens is 462 g/mol. The Morgan fingerprint density at radius 1 is 1.18 bits per heavy atom. The third kappa shape index (κ3) is 4.72. The number of nitrogens with zero attached hydrogens (tertiary/aromatic N) is 1. The van der Waals surface area contributed by atoms with Gasteiger partial charge in [0, 0.05) is 17.5 Å². The highest BCUT2D eigenvalue weighted by Gasteiger charge is 2.33. The van der Waals surface area contributed by atoms with Crippen LogP contribution in [0.5, 0.6) is 5.75 Å². The van der Waals surface area contributed by atoms with Gasteiger partial charge in [-0.1, -0.05) is 17.7 Å². The summed E-state index contributed by atoms with van der Waals surface area (Å²) < 4.78 is 31.2. The molecule has 0 amide bonds. The monoisotopic (exact) mass is 489 g/mol. The second-order valence-corrected chi connectivity index (χ2v) is 10.8. The first kappa shape index (κ1) is 23.6. The van der Waals surface area contributed by atoms with Crippen LogP contribution in [0.1, 0.15) is 25.3 Å². The van der Waals surface area contributed by atoms with Crippen molar-refractivity contribution in [1.82, 2.24) is 10.6 Å². The average molecular weight is 490 g/mol. The molecule has 176 valence electrons. The maximum Gasteiger partial charge on any atom is 0.202 e. The van der Waals surface area contributed by atoms with Gasteiger partial charge in [-0.25, -0.2) is 13.4 Å². The average Bonchev–Trinajstić information content (AvgIpc) is 2.82. The van der Waals surface area contributed by atoms with Gasteiger partial charge in [-0.3, -0.25) is 5.73 Å². The number of nitrogens with one attached hydrogen (secondary N) is 3. The second kappa shape index (κ2) is 9.34. The number of methoxy groups -OCH3 is 1. The van der Waals surface area contributed by atoms with Crippen molar-refractivity contribution < 1.29 is 13.2 Å². The molecule has 2 aromatic carbocycles. The number of sulfone groups is 1. The van der Waals surface area contributed by atoms with Crippen molar-refractivity contribution in [2.45, 2.75) is 35.6 Å². The van der Waals surface area contributed by atoms with Crippen LogP contribution in [0.2, 0.25) is 5.02 Å². The zero-order valence-electron chi connectivity index (χ0n) is 18.6. The smallest absolute Gasteiger partial charge is 0.202 e. The number of hydrogen-bond acceptors (Lipinski definition) is 8. The number of hydrogen-bond donors (Lipinski definition) is 4. The van der Waals surface area contributed by atoms with E-state index in [1.54, 1.807) is 49.7 Å². The molecule has 4 rings (SSSR count). The molecule has 10 heteroatoms. The van der Waals surface area contributed by atoms with E-state index in [2.05, 4.69) is 16.0 Å². The summed E-state index contributed by atoms with van der Waals surface area (Å²) in [4.78, 5) is 5.02. The van der Waals surface area contributed by atoms with Crippen molar-refractivity contribution >= 4 is 33.1 Å². The molecule has 8 nitrogen and oxygen atoms in total. The van der Waals surface area contributed by atoms with E-state index in [0.29, 0.717) is 40.2 Å². The lowest BCUT2D eigenvalue weighted by molar-refractivity contribution is 0.412. The van der Waals surface area contributed by atoms with Crippen LogP contribution in [0.4, 0.5) is 5.69 Å². The zero-order chi connectivity index (χ0) is 23.6. The number of halogens is 1. The Kier molecular flexibility index (Phi) is 6.67. The van der Waals surface area contributed by atoms with Crippen molar-refractivity contribution in [2.24, 2.45) is 10.7 Å². The fourth-order valence-corrected chi connectivity index (χ4v) is 5.95. The number of rotatable bonds is 5. The second-order valence-electron chi connectivity index (χ2n) is 8.19. The highest BCUT2D eigenvalue weighted by Crippen LogP contribution is 2.35. The van der Waals surface area contributed by atoms with Crippen molar-refractivity contribution in [3.05, 3.63) is 64.8 Å². The molecule has 2 aliphatic rings. The molecule has 2 heterocycles. The van der Waals surface area contributed by atoms with Crippen molar-refractivity contribution in [3.8, 4) is 5.75 Å². The highest BCUT2D eigenvalue weighted by atomic mass is 35.5. The molecular formula is C23H28ClN5O3S. The van der Waals surface area contributed by atoms with Gasteiger partial charge in [-0.15, -0.1) is 0 Å². The zero-order valence-corrected chi connectivity index (χ0v) is 20.1. The molecule has 2 aromatic rings. The van der Waals surface area contributed by atoms with E-state index >= 15 is 0 Å². The SMILES string of the molecule is COc1cc(C2(N)N=C(Nc3ccc(S(=O)(=O)C4CCNCC4)cc3)NC=C2C)ccc1Cl. The summed E-state index contributed by atoms with van der Waals surface area (Å²) in [6.07, 6.45) is 3.04. The van der Waals surface area contributed by atoms with Crippen molar-refractivity contribution in [1.29, 1.82) is 0 Å². The van der Waals surface area contributed by atoms with Crippen LogP contribution >= 0.6 is 11.6 Å². The number of piperidine rings is 1. The van der Waals surface area contributed by atoms with Gasteiger partial charge >= 0.3 is 0 Å². The molecule has 0 spiro atoms. The van der Waals surface area contributed by atoms with Crippen LogP contribution in [0.15, 0.2) is 64.1 Å². The van der Waals surface area contributed by atoms with Gasteiger partial charge in [0.1, 0.15) is 5.75 Å². The molecule has 1 saturated heterocycles. The Morgan fingerprint density at radius 2 is 1.88 bits per heavy atom. The lowest BCUT2D eigenvalue weighted by Crippen LogP contribution is -2.44. The van der Waals surface area contributed by atoms with Gasteiger partial charge in [0.2, 0.25) is 5.96 Å². The van der Waals surface area contributed by atoms with Crippen LogP contribution in [-0.4, -0.2) is 39.8 Å². The van der Waals surface area contributed by atoms with Crippen LogP contribution in [0, 0.1) is 0 Å². The van der Waals surface area contributed by atoms with Crippen LogP contribution in [0.25, 0.3) is 0 Å². The lowest BCUT2D eigenvalue weighted by Gasteiger charge is -2.32. The Morgan fingerprint density at radius 3 is 2.55 bits per heavy atom. The number of anilines is 1. The molecule has 33 heavy (non-hydrogen) atoms. The molecule has 0 saturated carbocycles. The van der Waals surface area contributed by atoms with E-state index in [4.69, 9.17) is 27.1 Å². The van der Waals surface area contributed by atoms with Crippen LogP contribution in [0.3, 0.4) is 0 Å². The van der Waals surface area contributed by atoms with Gasteiger partial charge in [0.05, 0.1) is 22.3 Å². The fraction of sp³-hybridized carbons (Fsp3) is 0.348. The van der Waals surface area contributed by atoms with E-state index in [0.717, 1.165) is 24.2 Å². The topological polar surface area (TPSA) is 118 Å². The molecule has 0 bridgehead atoms. The summed E-state index contributed by atoms with van der Waals surface area (Å²) in [7, 11) is -1.80. The number of guanidine groups is 1. The maximum absolute atomic E-state index is 12.9. The van der Waals surface area contributed by atoms with E-state index in [1.807, 2.05) is 13.0 Å². The summed E-state index contributed by atoms with van der Waals surface area (Å²) in [5.41, 5.74) is 7.78. The Balaban J connectivity index is 1.55. The first-order chi connectivity index (χ1) is 15.7. The Bertz CT molecular complexity index is 1190. The van der Waals surface area contributed by atoms with Crippen molar-refractivity contribution in [3.63, 3.8) is 0 Å². The fourth-order valence-electron chi connectivity index (χ4n) is 4.00. The largest absolute Gasteiger partial charge is 0.495 e. The normalized spacial score (nSPS) is 21.6. The minimum absolute atomic E-state index is 0.329. The third-order valence-corrected chi connectivity index (χ3v) is 8.67. The predicted molar refractivity (Wildman–Crippen MR) is 131 cm³/mol. The van der Waals surface area contributed by atoms with E-state index < -0.39 is 15.5 Å². The standard InChI is InChI=1S/C23H28ClN5O3S/c1-15-14-27-22(29-23(15,25)16-3-8-20(24)21(13-16)32-2)28-17-4-6-18(7-5-17)33(30,31)19-9-11-26-12-10-19/h3-8,13-14,19,26H,9-12,25H2,1-2H3,(H2,27,28,29). The predicted octanol–water partition coefficient (Wildman–Crippen LogP) is 2.96. The molecule has 1 fully saturated rings. The van der Waals surface area contributed by atoms with E-state index in [-0.39, 0.29) is 5.25 Å². The molecule has 5 N–H and O–H groups in total. The summed E-state index contributed by atoms with van der Waals surface area (Å²) >= 11 is 6.16. The third-order valence-electron chi connectivity index (χ3n) is 6.08. The number of benzene rings is 2. The van der Waals surface area contributed by atoms with Gasteiger partial charge < -0.3 is 20.7 Å². The highest BCUT2D eigenvalue weighted by molar-refractivity contribution is 7.92. The first-order valence-corrected chi connectivity index (χ1v) is 12.6. The van der Waals surface area contributed by atoms with Gasteiger partial charge in [-0.05, 0) is 74.8 Å². The summed E-state index contributed by atoms with van der Waals surface area (Å²) in [5.74, 6) is 0.951. The van der Waals surface area contributed by atoms with E-state index in [9.17, 15) is 8.42 Å². The Hall–Kier alpha value is -2.59. The summed E-state index contributed by atoms with van der Waals surface area (Å²) in [6.45, 7) is 3.33. The number of aliphatic imine (C=N–C) groups is 1. The molecule has 1 atom stereocenters.